The number of phenols is 1. The van der Waals surface area contributed by atoms with Crippen LogP contribution < -0.4 is 0 Å². The summed E-state index contributed by atoms with van der Waals surface area (Å²) < 4.78 is 1.95. The van der Waals surface area contributed by atoms with E-state index in [0.717, 1.165) is 13.1 Å². The minimum absolute atomic E-state index is 0.329. The van der Waals surface area contributed by atoms with E-state index < -0.39 is 0 Å². The maximum Gasteiger partial charge on any atom is 0.115 e. The Morgan fingerprint density at radius 3 is 2.70 bits per heavy atom. The molecule has 1 aromatic heterocycles. The highest BCUT2D eigenvalue weighted by Crippen LogP contribution is 2.34. The van der Waals surface area contributed by atoms with Crippen LogP contribution in [0.4, 0.5) is 0 Å². The second kappa shape index (κ2) is 5.29. The lowest BCUT2D eigenvalue weighted by atomic mass is 10.1. The summed E-state index contributed by atoms with van der Waals surface area (Å²) in [6.07, 6.45) is 4.44. The van der Waals surface area contributed by atoms with Crippen molar-refractivity contribution in [1.29, 1.82) is 0 Å². The van der Waals surface area contributed by atoms with Crippen LogP contribution in [0.5, 0.6) is 5.75 Å². The highest BCUT2D eigenvalue weighted by Gasteiger charge is 2.28. The van der Waals surface area contributed by atoms with E-state index in [1.165, 1.54) is 29.7 Å². The van der Waals surface area contributed by atoms with Gasteiger partial charge in [-0.2, -0.15) is 5.10 Å². The van der Waals surface area contributed by atoms with Gasteiger partial charge in [0, 0.05) is 30.9 Å². The van der Waals surface area contributed by atoms with Crippen LogP contribution in [0, 0.1) is 6.92 Å². The molecule has 4 nitrogen and oxygen atoms in total. The molecule has 1 aromatic carbocycles. The van der Waals surface area contributed by atoms with Gasteiger partial charge in [0.25, 0.3) is 0 Å². The summed E-state index contributed by atoms with van der Waals surface area (Å²) in [5.74, 6) is 0.329. The number of hydrogen-bond donors (Lipinski definition) is 1. The summed E-state index contributed by atoms with van der Waals surface area (Å²) >= 11 is 0. The monoisotopic (exact) mass is 271 g/mol. The molecule has 1 saturated heterocycles. The van der Waals surface area contributed by atoms with Gasteiger partial charge in [0.15, 0.2) is 0 Å². The molecule has 3 rings (SSSR count). The van der Waals surface area contributed by atoms with Crippen molar-refractivity contribution in [3.63, 3.8) is 0 Å². The van der Waals surface area contributed by atoms with Crippen LogP contribution in [0.2, 0.25) is 0 Å². The van der Waals surface area contributed by atoms with Gasteiger partial charge in [-0.15, -0.1) is 0 Å². The van der Waals surface area contributed by atoms with E-state index in [1.807, 2.05) is 30.1 Å². The van der Waals surface area contributed by atoms with Crippen molar-refractivity contribution in [2.24, 2.45) is 7.05 Å². The van der Waals surface area contributed by atoms with E-state index in [1.54, 1.807) is 12.1 Å². The van der Waals surface area contributed by atoms with Crippen LogP contribution in [0.3, 0.4) is 0 Å². The third-order valence-corrected chi connectivity index (χ3v) is 4.32. The summed E-state index contributed by atoms with van der Waals surface area (Å²) in [5.41, 5.74) is 3.85. The molecule has 1 atom stereocenters. The molecule has 1 aliphatic rings. The van der Waals surface area contributed by atoms with Gasteiger partial charge in [0.05, 0.1) is 6.20 Å². The number of phenolic OH excluding ortho intramolecular Hbond substituents is 1. The molecule has 1 N–H and O–H groups in total. The maximum absolute atomic E-state index is 9.36. The highest BCUT2D eigenvalue weighted by atomic mass is 16.3. The van der Waals surface area contributed by atoms with Crippen LogP contribution in [0.1, 0.15) is 35.7 Å². The Balaban J connectivity index is 1.79. The Hall–Kier alpha value is -1.81. The van der Waals surface area contributed by atoms with Gasteiger partial charge < -0.3 is 5.11 Å². The number of likely N-dealkylation sites (tertiary alicyclic amines) is 1. The molecule has 1 fully saturated rings. The third kappa shape index (κ3) is 2.43. The van der Waals surface area contributed by atoms with Crippen molar-refractivity contribution < 1.29 is 5.11 Å². The fraction of sp³-hybridized carbons (Fsp3) is 0.438. The van der Waals surface area contributed by atoms with Crippen LogP contribution in [-0.4, -0.2) is 26.3 Å². The number of hydrogen-bond acceptors (Lipinski definition) is 3. The van der Waals surface area contributed by atoms with Crippen molar-refractivity contribution in [1.82, 2.24) is 14.7 Å². The smallest absolute Gasteiger partial charge is 0.115 e. The first kappa shape index (κ1) is 13.2. The fourth-order valence-electron chi connectivity index (χ4n) is 3.05. The van der Waals surface area contributed by atoms with Crippen LogP contribution in [0.15, 0.2) is 30.5 Å². The molecule has 0 saturated carbocycles. The van der Waals surface area contributed by atoms with E-state index in [-0.39, 0.29) is 0 Å². The van der Waals surface area contributed by atoms with E-state index >= 15 is 0 Å². The molecule has 2 heterocycles. The summed E-state index contributed by atoms with van der Waals surface area (Å²) in [7, 11) is 2.00. The number of rotatable bonds is 3. The molecule has 0 amide bonds. The zero-order valence-electron chi connectivity index (χ0n) is 12.1. The second-order valence-corrected chi connectivity index (χ2v) is 5.60. The number of aromatic nitrogens is 2. The Labute approximate surface area is 119 Å². The van der Waals surface area contributed by atoms with Gasteiger partial charge in [-0.3, -0.25) is 9.58 Å². The largest absolute Gasteiger partial charge is 0.508 e. The number of nitrogens with zero attached hydrogens (tertiary/aromatic N) is 3. The average molecular weight is 271 g/mol. The molecular formula is C16H21N3O. The summed E-state index contributed by atoms with van der Waals surface area (Å²) in [4.78, 5) is 2.51. The maximum atomic E-state index is 9.36. The third-order valence-electron chi connectivity index (χ3n) is 4.32. The molecule has 0 unspecified atom stereocenters. The molecule has 2 aromatic rings. The first-order valence-corrected chi connectivity index (χ1v) is 7.15. The zero-order chi connectivity index (χ0) is 14.1. The van der Waals surface area contributed by atoms with Gasteiger partial charge in [-0.05, 0) is 44.0 Å². The van der Waals surface area contributed by atoms with Crippen LogP contribution in [0.25, 0.3) is 0 Å². The number of aromatic hydroxyl groups is 1. The van der Waals surface area contributed by atoms with E-state index in [0.29, 0.717) is 11.8 Å². The van der Waals surface area contributed by atoms with Crippen molar-refractivity contribution in [3.05, 3.63) is 47.3 Å². The summed E-state index contributed by atoms with van der Waals surface area (Å²) in [6.45, 7) is 4.19. The Morgan fingerprint density at radius 1 is 1.30 bits per heavy atom. The van der Waals surface area contributed by atoms with Crippen molar-refractivity contribution in [3.8, 4) is 5.75 Å². The SMILES string of the molecule is Cc1c([C@@H]2CCCN2Cc2ccc(O)cc2)cnn1C. The zero-order valence-corrected chi connectivity index (χ0v) is 12.1. The fourth-order valence-corrected chi connectivity index (χ4v) is 3.05. The molecular weight excluding hydrogens is 250 g/mol. The number of benzene rings is 1. The quantitative estimate of drug-likeness (QED) is 0.933. The van der Waals surface area contributed by atoms with E-state index in [4.69, 9.17) is 0 Å². The summed E-state index contributed by atoms with van der Waals surface area (Å²) in [5, 5.41) is 13.7. The Kier molecular flexibility index (Phi) is 3.49. The average Bonchev–Trinajstić information content (AvgIpc) is 3.01. The predicted molar refractivity (Wildman–Crippen MR) is 78.4 cm³/mol. The van der Waals surface area contributed by atoms with Crippen molar-refractivity contribution in [2.75, 3.05) is 6.54 Å². The molecule has 0 radical (unpaired) electrons. The molecule has 0 spiro atoms. The molecule has 106 valence electrons. The van der Waals surface area contributed by atoms with E-state index in [9.17, 15) is 5.11 Å². The minimum atomic E-state index is 0.329. The lowest BCUT2D eigenvalue weighted by molar-refractivity contribution is 0.247. The van der Waals surface area contributed by atoms with Gasteiger partial charge in [0.1, 0.15) is 5.75 Å². The molecule has 0 bridgehead atoms. The Bertz CT molecular complexity index is 588. The topological polar surface area (TPSA) is 41.3 Å². The lowest BCUT2D eigenvalue weighted by Gasteiger charge is -2.24. The minimum Gasteiger partial charge on any atom is -0.508 e. The first-order valence-electron chi connectivity index (χ1n) is 7.15. The molecule has 4 heteroatoms. The van der Waals surface area contributed by atoms with Gasteiger partial charge in [-0.1, -0.05) is 12.1 Å². The Morgan fingerprint density at radius 2 is 2.05 bits per heavy atom. The normalized spacial score (nSPS) is 19.6. The van der Waals surface area contributed by atoms with Crippen LogP contribution in [-0.2, 0) is 13.6 Å². The predicted octanol–water partition coefficient (Wildman–Crippen LogP) is 2.77. The second-order valence-electron chi connectivity index (χ2n) is 5.60. The number of aryl methyl sites for hydroxylation is 1. The molecule has 0 aliphatic carbocycles. The van der Waals surface area contributed by atoms with Gasteiger partial charge in [-0.25, -0.2) is 0 Å². The van der Waals surface area contributed by atoms with E-state index in [2.05, 4.69) is 16.9 Å². The molecule has 20 heavy (non-hydrogen) atoms. The highest BCUT2D eigenvalue weighted by molar-refractivity contribution is 5.27. The van der Waals surface area contributed by atoms with Crippen molar-refractivity contribution in [2.45, 2.75) is 32.4 Å². The van der Waals surface area contributed by atoms with Crippen LogP contribution >= 0.6 is 0 Å². The standard InChI is InChI=1S/C16H21N3O/c1-12-15(10-17-18(12)2)16-4-3-9-19(16)11-13-5-7-14(20)8-6-13/h5-8,10,16,20H,3-4,9,11H2,1-2H3/t16-/m0/s1. The first-order chi connectivity index (χ1) is 9.65. The molecule has 1 aliphatic heterocycles. The van der Waals surface area contributed by atoms with Crippen molar-refractivity contribution >= 4 is 0 Å². The van der Waals surface area contributed by atoms with Gasteiger partial charge in [0.2, 0.25) is 0 Å². The van der Waals surface area contributed by atoms with Gasteiger partial charge >= 0.3 is 0 Å². The summed E-state index contributed by atoms with van der Waals surface area (Å²) in [6, 6.07) is 7.99. The lowest BCUT2D eigenvalue weighted by Crippen LogP contribution is -2.23.